The third-order valence-corrected chi connectivity index (χ3v) is 6.28. The van der Waals surface area contributed by atoms with Crippen LogP contribution in [0.2, 0.25) is 0 Å². The van der Waals surface area contributed by atoms with E-state index in [4.69, 9.17) is 4.74 Å². The second-order valence-electron chi connectivity index (χ2n) is 6.65. The summed E-state index contributed by atoms with van der Waals surface area (Å²) < 4.78 is 60.8. The van der Waals surface area contributed by atoms with Crippen molar-refractivity contribution in [1.82, 2.24) is 10.0 Å². The highest BCUT2D eigenvalue weighted by Crippen LogP contribution is 2.30. The summed E-state index contributed by atoms with van der Waals surface area (Å²) in [6, 6.07) is 8.13. The minimum absolute atomic E-state index is 0. The number of hydrogen-bond donors (Lipinski definition) is 2. The number of halogens is 3. The Kier molecular flexibility index (Phi) is 7.39. The predicted molar refractivity (Wildman–Crippen MR) is 106 cm³/mol. The van der Waals surface area contributed by atoms with Gasteiger partial charge < -0.3 is 10.1 Å². The highest BCUT2D eigenvalue weighted by molar-refractivity contribution is 7.89. The van der Waals surface area contributed by atoms with Crippen molar-refractivity contribution in [2.75, 3.05) is 20.2 Å². The molecule has 1 heterocycles. The van der Waals surface area contributed by atoms with Crippen LogP contribution in [0.15, 0.2) is 41.3 Å². The van der Waals surface area contributed by atoms with Gasteiger partial charge in [0, 0.05) is 18.5 Å². The van der Waals surface area contributed by atoms with Crippen LogP contribution >= 0.6 is 12.4 Å². The van der Waals surface area contributed by atoms with E-state index in [9.17, 15) is 17.2 Å². The Morgan fingerprint density at radius 2 is 1.89 bits per heavy atom. The number of nitrogens with one attached hydrogen (secondary N) is 2. The molecular formula is C19H23ClF2N2O3S. The van der Waals surface area contributed by atoms with Crippen molar-refractivity contribution in [1.29, 1.82) is 0 Å². The van der Waals surface area contributed by atoms with E-state index < -0.39 is 27.7 Å². The van der Waals surface area contributed by atoms with Crippen LogP contribution in [0, 0.1) is 18.6 Å². The van der Waals surface area contributed by atoms with Crippen LogP contribution in [-0.2, 0) is 10.0 Å². The van der Waals surface area contributed by atoms with Gasteiger partial charge in [-0.05, 0) is 55.3 Å². The van der Waals surface area contributed by atoms with Crippen LogP contribution in [0.25, 0.3) is 0 Å². The lowest BCUT2D eigenvalue weighted by Gasteiger charge is -2.33. The van der Waals surface area contributed by atoms with E-state index in [0.717, 1.165) is 17.7 Å². The maximum atomic E-state index is 13.7. The van der Waals surface area contributed by atoms with Crippen LogP contribution in [0.4, 0.5) is 8.78 Å². The Morgan fingerprint density at radius 1 is 1.14 bits per heavy atom. The summed E-state index contributed by atoms with van der Waals surface area (Å²) in [7, 11) is -2.45. The number of hydrogen-bond acceptors (Lipinski definition) is 4. The van der Waals surface area contributed by atoms with E-state index in [2.05, 4.69) is 10.0 Å². The Hall–Kier alpha value is -1.74. The molecule has 1 fully saturated rings. The van der Waals surface area contributed by atoms with Gasteiger partial charge in [-0.2, -0.15) is 0 Å². The first-order valence-corrected chi connectivity index (χ1v) is 10.1. The number of rotatable bonds is 5. The average Bonchev–Trinajstić information content (AvgIpc) is 2.64. The molecule has 0 bridgehead atoms. The van der Waals surface area contributed by atoms with Crippen molar-refractivity contribution in [2.45, 2.75) is 30.2 Å². The van der Waals surface area contributed by atoms with Gasteiger partial charge in [0.1, 0.15) is 10.6 Å². The van der Waals surface area contributed by atoms with Gasteiger partial charge in [-0.1, -0.05) is 12.1 Å². The van der Waals surface area contributed by atoms with E-state index in [0.29, 0.717) is 25.1 Å². The number of aryl methyl sites for hydroxylation is 1. The zero-order valence-electron chi connectivity index (χ0n) is 15.5. The van der Waals surface area contributed by atoms with Crippen LogP contribution in [-0.4, -0.2) is 34.7 Å². The van der Waals surface area contributed by atoms with E-state index >= 15 is 0 Å². The molecule has 154 valence electrons. The van der Waals surface area contributed by atoms with E-state index in [-0.39, 0.29) is 29.0 Å². The first-order chi connectivity index (χ1) is 12.8. The van der Waals surface area contributed by atoms with Crippen molar-refractivity contribution in [3.63, 3.8) is 0 Å². The zero-order valence-corrected chi connectivity index (χ0v) is 17.2. The van der Waals surface area contributed by atoms with E-state index in [1.165, 1.54) is 13.2 Å². The van der Waals surface area contributed by atoms with Gasteiger partial charge in [0.25, 0.3) is 0 Å². The Morgan fingerprint density at radius 3 is 2.57 bits per heavy atom. The number of ether oxygens (including phenoxy) is 1. The molecule has 1 saturated heterocycles. The topological polar surface area (TPSA) is 67.4 Å². The number of piperidine rings is 1. The summed E-state index contributed by atoms with van der Waals surface area (Å²) in [5, 5.41) is 3.15. The van der Waals surface area contributed by atoms with Crippen molar-refractivity contribution < 1.29 is 21.9 Å². The molecule has 0 radical (unpaired) electrons. The fourth-order valence-electron chi connectivity index (χ4n) is 3.38. The maximum absolute atomic E-state index is 13.7. The van der Waals surface area contributed by atoms with Crippen molar-refractivity contribution in [3.05, 3.63) is 59.2 Å². The summed E-state index contributed by atoms with van der Waals surface area (Å²) in [5.41, 5.74) is 1.36. The summed E-state index contributed by atoms with van der Waals surface area (Å²) in [6.07, 6.45) is 0.600. The molecule has 0 aromatic heterocycles. The minimum Gasteiger partial charge on any atom is -0.495 e. The van der Waals surface area contributed by atoms with Gasteiger partial charge in [-0.3, -0.25) is 0 Å². The lowest BCUT2D eigenvalue weighted by Crippen LogP contribution is -2.50. The minimum atomic E-state index is -3.87. The molecule has 2 atom stereocenters. The molecular weight excluding hydrogens is 410 g/mol. The summed E-state index contributed by atoms with van der Waals surface area (Å²) in [5.74, 6) is -1.88. The van der Waals surface area contributed by atoms with E-state index in [1.54, 1.807) is 25.1 Å². The second kappa shape index (κ2) is 9.17. The lowest BCUT2D eigenvalue weighted by molar-refractivity contribution is 0.374. The van der Waals surface area contributed by atoms with Crippen molar-refractivity contribution in [3.8, 4) is 5.75 Å². The molecule has 5 nitrogen and oxygen atoms in total. The summed E-state index contributed by atoms with van der Waals surface area (Å²) in [4.78, 5) is 0.0552. The average molecular weight is 433 g/mol. The fraction of sp³-hybridized carbons (Fsp3) is 0.368. The fourth-order valence-corrected chi connectivity index (χ4v) is 4.91. The van der Waals surface area contributed by atoms with Crippen LogP contribution < -0.4 is 14.8 Å². The Labute approximate surface area is 169 Å². The number of benzene rings is 2. The van der Waals surface area contributed by atoms with Gasteiger partial charge >= 0.3 is 0 Å². The summed E-state index contributed by atoms with van der Waals surface area (Å²) in [6.45, 7) is 2.84. The molecule has 9 heteroatoms. The molecule has 0 spiro atoms. The number of methoxy groups -OCH3 is 1. The molecule has 1 aliphatic rings. The quantitative estimate of drug-likeness (QED) is 0.761. The lowest BCUT2D eigenvalue weighted by atomic mass is 9.86. The monoisotopic (exact) mass is 432 g/mol. The molecule has 0 saturated carbocycles. The first-order valence-electron chi connectivity index (χ1n) is 8.64. The predicted octanol–water partition coefficient (Wildman–Crippen LogP) is 3.13. The van der Waals surface area contributed by atoms with Gasteiger partial charge in [0.05, 0.1) is 7.11 Å². The second-order valence-corrected chi connectivity index (χ2v) is 8.34. The Bertz CT molecular complexity index is 941. The van der Waals surface area contributed by atoms with Crippen LogP contribution in [0.5, 0.6) is 5.75 Å². The molecule has 2 aromatic carbocycles. The highest BCUT2D eigenvalue weighted by atomic mass is 35.5. The molecule has 3 rings (SSSR count). The molecule has 0 aliphatic carbocycles. The molecule has 28 heavy (non-hydrogen) atoms. The molecule has 2 unspecified atom stereocenters. The van der Waals surface area contributed by atoms with Gasteiger partial charge in [0.15, 0.2) is 11.6 Å². The standard InChI is InChI=1S/C19H22F2N2O3S.ClH/c1-12-3-6-18(26-2)19(9-12)27(24,25)23-17-11-22-8-7-14(17)13-4-5-15(20)16(21)10-13;/h3-6,9-10,14,17,22-23H,7-8,11H2,1-2H3;1H. The van der Waals surface area contributed by atoms with Gasteiger partial charge in [0.2, 0.25) is 10.0 Å². The highest BCUT2D eigenvalue weighted by Gasteiger charge is 2.32. The zero-order chi connectivity index (χ0) is 19.6. The van der Waals surface area contributed by atoms with Gasteiger partial charge in [-0.25, -0.2) is 21.9 Å². The van der Waals surface area contributed by atoms with Crippen molar-refractivity contribution in [2.24, 2.45) is 0 Å². The van der Waals surface area contributed by atoms with Crippen LogP contribution in [0.3, 0.4) is 0 Å². The molecule has 1 aliphatic heterocycles. The first kappa shape index (κ1) is 22.5. The maximum Gasteiger partial charge on any atom is 0.244 e. The van der Waals surface area contributed by atoms with Crippen LogP contribution in [0.1, 0.15) is 23.5 Å². The SMILES string of the molecule is COc1ccc(C)cc1S(=O)(=O)NC1CNCCC1c1ccc(F)c(F)c1.Cl. The normalized spacial score (nSPS) is 19.7. The molecule has 2 N–H and O–H groups in total. The number of sulfonamides is 1. The molecule has 0 amide bonds. The Balaban J connectivity index is 0.00000280. The van der Waals surface area contributed by atoms with Crippen molar-refractivity contribution >= 4 is 22.4 Å². The third kappa shape index (κ3) is 4.81. The molecule has 2 aromatic rings. The smallest absolute Gasteiger partial charge is 0.244 e. The summed E-state index contributed by atoms with van der Waals surface area (Å²) >= 11 is 0. The third-order valence-electron chi connectivity index (χ3n) is 4.77. The van der Waals surface area contributed by atoms with E-state index in [1.807, 2.05) is 0 Å². The van der Waals surface area contributed by atoms with Gasteiger partial charge in [-0.15, -0.1) is 12.4 Å². The largest absolute Gasteiger partial charge is 0.495 e.